The molecule has 0 aliphatic rings. The SMILES string of the molecule is Cc1ccc(Cl)cc1N([C@@H](C)C(=O)Nc1ccc(Br)cc1)S(C)(=O)=O. The van der Waals surface area contributed by atoms with Crippen molar-refractivity contribution < 1.29 is 13.2 Å². The lowest BCUT2D eigenvalue weighted by molar-refractivity contribution is -0.116. The monoisotopic (exact) mass is 444 g/mol. The minimum atomic E-state index is -3.69. The smallest absolute Gasteiger partial charge is 0.247 e. The lowest BCUT2D eigenvalue weighted by Gasteiger charge is -2.29. The Kier molecular flexibility index (Phi) is 6.13. The predicted molar refractivity (Wildman–Crippen MR) is 106 cm³/mol. The summed E-state index contributed by atoms with van der Waals surface area (Å²) in [6, 6.07) is 11.0. The first kappa shape index (κ1) is 19.8. The molecule has 0 fully saturated rings. The number of anilines is 2. The summed E-state index contributed by atoms with van der Waals surface area (Å²) in [6.45, 7) is 3.30. The van der Waals surface area contributed by atoms with Gasteiger partial charge in [-0.15, -0.1) is 0 Å². The van der Waals surface area contributed by atoms with Gasteiger partial charge >= 0.3 is 0 Å². The van der Waals surface area contributed by atoms with Gasteiger partial charge in [0.2, 0.25) is 15.9 Å². The molecule has 0 aliphatic carbocycles. The Morgan fingerprint density at radius 2 is 1.80 bits per heavy atom. The second kappa shape index (κ2) is 7.76. The molecule has 0 aliphatic heterocycles. The molecular formula is C17H18BrClN2O3S. The van der Waals surface area contributed by atoms with Crippen LogP contribution < -0.4 is 9.62 Å². The molecule has 1 N–H and O–H groups in total. The largest absolute Gasteiger partial charge is 0.324 e. The molecule has 25 heavy (non-hydrogen) atoms. The Labute approximate surface area is 161 Å². The number of rotatable bonds is 5. The fourth-order valence-electron chi connectivity index (χ4n) is 2.38. The normalized spacial score (nSPS) is 12.5. The number of amides is 1. The van der Waals surface area contributed by atoms with Crippen LogP contribution in [0.2, 0.25) is 5.02 Å². The molecule has 0 saturated heterocycles. The summed E-state index contributed by atoms with van der Waals surface area (Å²) in [4.78, 5) is 12.6. The standard InChI is InChI=1S/C17H18BrClN2O3S/c1-11-4-7-14(19)10-16(11)21(25(3,23)24)12(2)17(22)20-15-8-5-13(18)6-9-15/h4-10,12H,1-3H3,(H,20,22)/t12-/m0/s1. The van der Waals surface area contributed by atoms with Crippen LogP contribution >= 0.6 is 27.5 Å². The van der Waals surface area contributed by atoms with E-state index in [1.165, 1.54) is 6.92 Å². The molecule has 1 amide bonds. The van der Waals surface area contributed by atoms with E-state index in [4.69, 9.17) is 11.6 Å². The van der Waals surface area contributed by atoms with E-state index in [0.29, 0.717) is 22.0 Å². The summed E-state index contributed by atoms with van der Waals surface area (Å²) in [5, 5.41) is 3.12. The fourth-order valence-corrected chi connectivity index (χ4v) is 4.04. The molecule has 5 nitrogen and oxygen atoms in total. The van der Waals surface area contributed by atoms with Crippen LogP contribution in [0.3, 0.4) is 0 Å². The average Bonchev–Trinajstić information content (AvgIpc) is 2.51. The zero-order valence-corrected chi connectivity index (χ0v) is 17.1. The number of benzene rings is 2. The number of nitrogens with zero attached hydrogens (tertiary/aromatic N) is 1. The first-order valence-electron chi connectivity index (χ1n) is 7.41. The van der Waals surface area contributed by atoms with Gasteiger partial charge in [0, 0.05) is 15.2 Å². The molecule has 0 bridgehead atoms. The topological polar surface area (TPSA) is 66.5 Å². The van der Waals surface area contributed by atoms with Crippen molar-refractivity contribution in [3.8, 4) is 0 Å². The van der Waals surface area contributed by atoms with Crippen LogP contribution in [0, 0.1) is 6.92 Å². The van der Waals surface area contributed by atoms with E-state index in [2.05, 4.69) is 21.2 Å². The number of sulfonamides is 1. The molecule has 8 heteroatoms. The van der Waals surface area contributed by atoms with Gasteiger partial charge in [-0.3, -0.25) is 9.10 Å². The van der Waals surface area contributed by atoms with Crippen LogP contribution in [0.15, 0.2) is 46.9 Å². The maximum atomic E-state index is 12.6. The Morgan fingerprint density at radius 1 is 1.20 bits per heavy atom. The summed E-state index contributed by atoms with van der Waals surface area (Å²) in [5.74, 6) is -0.438. The molecule has 2 aromatic rings. The van der Waals surface area contributed by atoms with Gasteiger partial charge in [-0.1, -0.05) is 33.6 Å². The van der Waals surface area contributed by atoms with Gasteiger partial charge in [-0.25, -0.2) is 8.42 Å². The van der Waals surface area contributed by atoms with E-state index in [0.717, 1.165) is 15.0 Å². The minimum absolute atomic E-state index is 0.383. The van der Waals surface area contributed by atoms with Gasteiger partial charge in [0.05, 0.1) is 11.9 Å². The first-order valence-corrected chi connectivity index (χ1v) is 10.4. The van der Waals surface area contributed by atoms with Gasteiger partial charge < -0.3 is 5.32 Å². The van der Waals surface area contributed by atoms with Gasteiger partial charge in [-0.05, 0) is 55.8 Å². The summed E-state index contributed by atoms with van der Waals surface area (Å²) >= 11 is 9.34. The number of carbonyl (C=O) groups is 1. The number of nitrogens with one attached hydrogen (secondary N) is 1. The van der Waals surface area contributed by atoms with Crippen LogP contribution in [0.1, 0.15) is 12.5 Å². The molecule has 0 spiro atoms. The highest BCUT2D eigenvalue weighted by atomic mass is 79.9. The van der Waals surface area contributed by atoms with Gasteiger partial charge in [0.15, 0.2) is 0 Å². The van der Waals surface area contributed by atoms with Crippen molar-refractivity contribution in [3.05, 3.63) is 57.5 Å². The zero-order valence-electron chi connectivity index (χ0n) is 14.0. The lowest BCUT2D eigenvalue weighted by atomic mass is 10.1. The van der Waals surface area contributed by atoms with E-state index in [-0.39, 0.29) is 0 Å². The molecule has 0 unspecified atom stereocenters. The molecule has 1 atom stereocenters. The summed E-state index contributed by atoms with van der Waals surface area (Å²) in [6.07, 6.45) is 1.07. The molecular weight excluding hydrogens is 428 g/mol. The van der Waals surface area contributed by atoms with E-state index in [1.807, 2.05) is 0 Å². The Bertz CT molecular complexity index is 885. The third-order valence-corrected chi connectivity index (χ3v) is 5.60. The maximum absolute atomic E-state index is 12.6. The molecule has 2 aromatic carbocycles. The molecule has 134 valence electrons. The van der Waals surface area contributed by atoms with E-state index >= 15 is 0 Å². The number of aryl methyl sites for hydroxylation is 1. The molecule has 2 rings (SSSR count). The summed E-state index contributed by atoms with van der Waals surface area (Å²) < 4.78 is 26.6. The Morgan fingerprint density at radius 3 is 2.36 bits per heavy atom. The highest BCUT2D eigenvalue weighted by molar-refractivity contribution is 9.10. The van der Waals surface area contributed by atoms with Crippen molar-refractivity contribution in [3.63, 3.8) is 0 Å². The third-order valence-electron chi connectivity index (χ3n) is 3.61. The van der Waals surface area contributed by atoms with Gasteiger partial charge in [0.25, 0.3) is 0 Å². The van der Waals surface area contributed by atoms with Crippen LogP contribution in [0.5, 0.6) is 0 Å². The number of hydrogen-bond acceptors (Lipinski definition) is 3. The molecule has 0 heterocycles. The minimum Gasteiger partial charge on any atom is -0.324 e. The second-order valence-electron chi connectivity index (χ2n) is 5.66. The van der Waals surface area contributed by atoms with E-state index in [9.17, 15) is 13.2 Å². The van der Waals surface area contributed by atoms with E-state index < -0.39 is 22.0 Å². The average molecular weight is 446 g/mol. The molecule has 0 saturated carbocycles. The highest BCUT2D eigenvalue weighted by Crippen LogP contribution is 2.28. The Hall–Kier alpha value is -1.57. The van der Waals surface area contributed by atoms with Crippen molar-refractivity contribution in [1.29, 1.82) is 0 Å². The molecule has 0 radical (unpaired) electrons. The van der Waals surface area contributed by atoms with Crippen LogP contribution in [0.25, 0.3) is 0 Å². The predicted octanol–water partition coefficient (Wildman–Crippen LogP) is 4.20. The quantitative estimate of drug-likeness (QED) is 0.750. The number of carbonyl (C=O) groups excluding carboxylic acids is 1. The molecule has 0 aromatic heterocycles. The van der Waals surface area contributed by atoms with E-state index in [1.54, 1.807) is 49.4 Å². The highest BCUT2D eigenvalue weighted by Gasteiger charge is 2.30. The van der Waals surface area contributed by atoms with Crippen LogP contribution in [-0.4, -0.2) is 26.6 Å². The van der Waals surface area contributed by atoms with Crippen LogP contribution in [0.4, 0.5) is 11.4 Å². The Balaban J connectivity index is 2.36. The zero-order chi connectivity index (χ0) is 18.8. The second-order valence-corrected chi connectivity index (χ2v) is 8.87. The number of halogens is 2. The summed E-state index contributed by atoms with van der Waals surface area (Å²) in [5.41, 5.74) is 1.67. The van der Waals surface area contributed by atoms with Crippen LogP contribution in [-0.2, 0) is 14.8 Å². The fraction of sp³-hybridized carbons (Fsp3) is 0.235. The maximum Gasteiger partial charge on any atom is 0.247 e. The first-order chi connectivity index (χ1) is 11.6. The van der Waals surface area contributed by atoms with Crippen molar-refractivity contribution >= 4 is 54.8 Å². The van der Waals surface area contributed by atoms with Crippen molar-refractivity contribution in [2.24, 2.45) is 0 Å². The van der Waals surface area contributed by atoms with Crippen molar-refractivity contribution in [2.45, 2.75) is 19.9 Å². The third kappa shape index (κ3) is 4.96. The lowest BCUT2D eigenvalue weighted by Crippen LogP contribution is -2.45. The van der Waals surface area contributed by atoms with Gasteiger partial charge in [0.1, 0.15) is 6.04 Å². The number of hydrogen-bond donors (Lipinski definition) is 1. The van der Waals surface area contributed by atoms with Gasteiger partial charge in [-0.2, -0.15) is 0 Å². The summed E-state index contributed by atoms with van der Waals surface area (Å²) in [7, 11) is -3.69. The van der Waals surface area contributed by atoms with Crippen molar-refractivity contribution in [2.75, 3.05) is 15.9 Å². The van der Waals surface area contributed by atoms with Crippen molar-refractivity contribution in [1.82, 2.24) is 0 Å².